The van der Waals surface area contributed by atoms with Crippen molar-refractivity contribution in [2.45, 2.75) is 32.6 Å². The van der Waals surface area contributed by atoms with Crippen LogP contribution in [0.1, 0.15) is 37.3 Å². The van der Waals surface area contributed by atoms with Gasteiger partial charge in [0.05, 0.1) is 6.61 Å². The van der Waals surface area contributed by atoms with Gasteiger partial charge in [0.25, 0.3) is 0 Å². The Kier molecular flexibility index (Phi) is 2.21. The number of fused-ring (bicyclic) bond motifs is 1. The number of pyridine rings is 1. The molecule has 2 heterocycles. The van der Waals surface area contributed by atoms with Crippen LogP contribution in [0.3, 0.4) is 0 Å². The molecular formula is C11H15NO. The predicted octanol–water partition coefficient (Wildman–Crippen LogP) is 2.53. The highest BCUT2D eigenvalue weighted by Gasteiger charge is 2.12. The Bertz CT molecular complexity index is 307. The molecule has 2 nitrogen and oxygen atoms in total. The molecule has 0 unspecified atom stereocenters. The molecule has 0 aromatic carbocycles. The summed E-state index contributed by atoms with van der Waals surface area (Å²) in [6, 6.07) is 2.23. The summed E-state index contributed by atoms with van der Waals surface area (Å²) < 4.78 is 5.45. The maximum Gasteiger partial charge on any atom is 0.216 e. The quantitative estimate of drug-likeness (QED) is 0.657. The summed E-state index contributed by atoms with van der Waals surface area (Å²) in [6.07, 6.45) is 4.16. The summed E-state index contributed by atoms with van der Waals surface area (Å²) >= 11 is 0. The molecule has 1 aliphatic heterocycles. The first-order chi connectivity index (χ1) is 6.27. The summed E-state index contributed by atoms with van der Waals surface area (Å²) in [7, 11) is 0. The van der Waals surface area contributed by atoms with E-state index in [-0.39, 0.29) is 0 Å². The molecule has 0 amide bonds. The molecule has 1 aliphatic rings. The van der Waals surface area contributed by atoms with Gasteiger partial charge in [-0.3, -0.25) is 0 Å². The molecule has 0 spiro atoms. The topological polar surface area (TPSA) is 22.1 Å². The van der Waals surface area contributed by atoms with Crippen LogP contribution in [-0.2, 0) is 6.42 Å². The fraction of sp³-hybridized carbons (Fsp3) is 0.545. The molecule has 0 saturated heterocycles. The Morgan fingerprint density at radius 3 is 3.08 bits per heavy atom. The highest BCUT2D eigenvalue weighted by Crippen LogP contribution is 2.25. The van der Waals surface area contributed by atoms with Crippen molar-refractivity contribution in [3.63, 3.8) is 0 Å². The minimum atomic E-state index is 0.555. The predicted molar refractivity (Wildman–Crippen MR) is 52.1 cm³/mol. The SMILES string of the molecule is CC(C)c1cnc2c(c1)CCCO2. The van der Waals surface area contributed by atoms with Crippen molar-refractivity contribution in [3.8, 4) is 5.88 Å². The van der Waals surface area contributed by atoms with Gasteiger partial charge >= 0.3 is 0 Å². The zero-order valence-electron chi connectivity index (χ0n) is 8.21. The largest absolute Gasteiger partial charge is 0.477 e. The first-order valence-electron chi connectivity index (χ1n) is 4.89. The number of hydrogen-bond donors (Lipinski definition) is 0. The maximum absolute atomic E-state index is 5.45. The van der Waals surface area contributed by atoms with E-state index in [9.17, 15) is 0 Å². The van der Waals surface area contributed by atoms with E-state index in [2.05, 4.69) is 24.9 Å². The lowest BCUT2D eigenvalue weighted by Crippen LogP contribution is -2.10. The summed E-state index contributed by atoms with van der Waals surface area (Å²) in [5.74, 6) is 1.40. The van der Waals surface area contributed by atoms with Crippen molar-refractivity contribution in [2.24, 2.45) is 0 Å². The van der Waals surface area contributed by atoms with Crippen LogP contribution >= 0.6 is 0 Å². The second kappa shape index (κ2) is 3.36. The standard InChI is InChI=1S/C11H15NO/c1-8(2)10-6-9-4-3-5-13-11(9)12-7-10/h6-8H,3-5H2,1-2H3. The molecule has 2 rings (SSSR count). The van der Waals surface area contributed by atoms with Gasteiger partial charge in [0.2, 0.25) is 5.88 Å². The Balaban J connectivity index is 2.35. The molecule has 0 bridgehead atoms. The molecule has 0 radical (unpaired) electrons. The van der Waals surface area contributed by atoms with Crippen molar-refractivity contribution >= 4 is 0 Å². The lowest BCUT2D eigenvalue weighted by molar-refractivity contribution is 0.276. The van der Waals surface area contributed by atoms with E-state index in [1.807, 2.05) is 6.20 Å². The van der Waals surface area contributed by atoms with Gasteiger partial charge in [-0.1, -0.05) is 13.8 Å². The molecule has 1 aromatic rings. The van der Waals surface area contributed by atoms with Crippen LogP contribution < -0.4 is 4.74 Å². The Morgan fingerprint density at radius 2 is 2.31 bits per heavy atom. The highest BCUT2D eigenvalue weighted by atomic mass is 16.5. The summed E-state index contributed by atoms with van der Waals surface area (Å²) in [5, 5.41) is 0. The van der Waals surface area contributed by atoms with E-state index >= 15 is 0 Å². The normalized spacial score (nSPS) is 15.3. The van der Waals surface area contributed by atoms with E-state index in [0.717, 1.165) is 25.3 Å². The summed E-state index contributed by atoms with van der Waals surface area (Å²) in [6.45, 7) is 5.20. The fourth-order valence-electron chi connectivity index (χ4n) is 1.57. The monoisotopic (exact) mass is 177 g/mol. The highest BCUT2D eigenvalue weighted by molar-refractivity contribution is 5.32. The third-order valence-corrected chi connectivity index (χ3v) is 2.44. The van der Waals surface area contributed by atoms with Crippen molar-refractivity contribution in [1.82, 2.24) is 4.98 Å². The fourth-order valence-corrected chi connectivity index (χ4v) is 1.57. The number of hydrogen-bond acceptors (Lipinski definition) is 2. The third-order valence-electron chi connectivity index (χ3n) is 2.44. The second-order valence-electron chi connectivity index (χ2n) is 3.84. The second-order valence-corrected chi connectivity index (χ2v) is 3.84. The lowest BCUT2D eigenvalue weighted by Gasteiger charge is -2.17. The molecule has 2 heteroatoms. The Hall–Kier alpha value is -1.05. The van der Waals surface area contributed by atoms with Crippen LogP contribution in [-0.4, -0.2) is 11.6 Å². The third kappa shape index (κ3) is 1.67. The zero-order chi connectivity index (χ0) is 9.26. The number of ether oxygens (including phenoxy) is 1. The molecule has 13 heavy (non-hydrogen) atoms. The van der Waals surface area contributed by atoms with Crippen LogP contribution in [0.15, 0.2) is 12.3 Å². The number of rotatable bonds is 1. The zero-order valence-corrected chi connectivity index (χ0v) is 8.21. The smallest absolute Gasteiger partial charge is 0.216 e. The molecule has 0 fully saturated rings. The molecule has 0 atom stereocenters. The minimum absolute atomic E-state index is 0.555. The van der Waals surface area contributed by atoms with Crippen molar-refractivity contribution in [2.75, 3.05) is 6.61 Å². The molecule has 0 aliphatic carbocycles. The Morgan fingerprint density at radius 1 is 1.46 bits per heavy atom. The van der Waals surface area contributed by atoms with Gasteiger partial charge in [-0.05, 0) is 30.4 Å². The summed E-state index contributed by atoms with van der Waals surface area (Å²) in [4.78, 5) is 4.32. The van der Waals surface area contributed by atoms with E-state index in [0.29, 0.717) is 5.92 Å². The van der Waals surface area contributed by atoms with Crippen molar-refractivity contribution in [1.29, 1.82) is 0 Å². The lowest BCUT2D eigenvalue weighted by atomic mass is 10.0. The molecular weight excluding hydrogens is 162 g/mol. The van der Waals surface area contributed by atoms with Gasteiger partial charge in [0.15, 0.2) is 0 Å². The minimum Gasteiger partial charge on any atom is -0.477 e. The number of aromatic nitrogens is 1. The van der Waals surface area contributed by atoms with Gasteiger partial charge < -0.3 is 4.74 Å². The van der Waals surface area contributed by atoms with E-state index in [1.165, 1.54) is 11.1 Å². The molecule has 0 N–H and O–H groups in total. The van der Waals surface area contributed by atoms with Gasteiger partial charge in [-0.25, -0.2) is 4.98 Å². The van der Waals surface area contributed by atoms with E-state index < -0.39 is 0 Å². The van der Waals surface area contributed by atoms with Crippen LogP contribution in [0, 0.1) is 0 Å². The average molecular weight is 177 g/mol. The van der Waals surface area contributed by atoms with Crippen LogP contribution in [0.2, 0.25) is 0 Å². The molecule has 0 saturated carbocycles. The van der Waals surface area contributed by atoms with E-state index in [4.69, 9.17) is 4.74 Å². The van der Waals surface area contributed by atoms with Gasteiger partial charge in [0, 0.05) is 11.8 Å². The average Bonchev–Trinajstić information content (AvgIpc) is 2.17. The first-order valence-corrected chi connectivity index (χ1v) is 4.89. The van der Waals surface area contributed by atoms with Crippen LogP contribution in [0.5, 0.6) is 5.88 Å². The van der Waals surface area contributed by atoms with Gasteiger partial charge in [-0.2, -0.15) is 0 Å². The van der Waals surface area contributed by atoms with E-state index in [1.54, 1.807) is 0 Å². The molecule has 70 valence electrons. The van der Waals surface area contributed by atoms with Crippen molar-refractivity contribution in [3.05, 3.63) is 23.4 Å². The number of nitrogens with zero attached hydrogens (tertiary/aromatic N) is 1. The van der Waals surface area contributed by atoms with Crippen molar-refractivity contribution < 1.29 is 4.74 Å². The van der Waals surface area contributed by atoms with Crippen LogP contribution in [0.25, 0.3) is 0 Å². The van der Waals surface area contributed by atoms with Crippen LogP contribution in [0.4, 0.5) is 0 Å². The first kappa shape index (κ1) is 8.54. The number of aryl methyl sites for hydroxylation is 1. The summed E-state index contributed by atoms with van der Waals surface area (Å²) in [5.41, 5.74) is 2.58. The van der Waals surface area contributed by atoms with Gasteiger partial charge in [0.1, 0.15) is 0 Å². The molecule has 1 aromatic heterocycles. The maximum atomic E-state index is 5.45. The Labute approximate surface area is 78.9 Å². The van der Waals surface area contributed by atoms with Gasteiger partial charge in [-0.15, -0.1) is 0 Å².